The van der Waals surface area contributed by atoms with Crippen molar-refractivity contribution in [1.29, 1.82) is 0 Å². The minimum Gasteiger partial charge on any atom is -0.295 e. The minimum absolute atomic E-state index is 0.119. The molecule has 0 aromatic heterocycles. The predicted molar refractivity (Wildman–Crippen MR) is 50.6 cm³/mol. The van der Waals surface area contributed by atoms with Crippen LogP contribution in [0.3, 0.4) is 0 Å². The van der Waals surface area contributed by atoms with Crippen molar-refractivity contribution in [2.45, 2.75) is 13.3 Å². The number of carbonyl (C=O) groups excluding carboxylic acids is 1. The summed E-state index contributed by atoms with van der Waals surface area (Å²) in [4.78, 5) is 10.9. The molecule has 1 aromatic rings. The van der Waals surface area contributed by atoms with Crippen LogP contribution in [0.1, 0.15) is 18.9 Å². The second-order valence-electron chi connectivity index (χ2n) is 2.95. The molecule has 0 N–H and O–H groups in total. The maximum absolute atomic E-state index is 12.7. The molecule has 0 fully saturated rings. The van der Waals surface area contributed by atoms with E-state index < -0.39 is 17.5 Å². The molecule has 15 heavy (non-hydrogen) atoms. The second kappa shape index (κ2) is 4.77. The van der Waals surface area contributed by atoms with Gasteiger partial charge in [-0.25, -0.2) is 13.2 Å². The first-order chi connectivity index (χ1) is 7.04. The average Bonchev–Trinajstić information content (AvgIpc) is 2.22. The third kappa shape index (κ3) is 2.94. The van der Waals surface area contributed by atoms with Gasteiger partial charge in [-0.15, -0.1) is 0 Å². The van der Waals surface area contributed by atoms with Crippen molar-refractivity contribution in [2.24, 2.45) is 0 Å². The van der Waals surface area contributed by atoms with Crippen molar-refractivity contribution in [3.05, 3.63) is 41.2 Å². The zero-order valence-electron chi connectivity index (χ0n) is 8.06. The molecule has 80 valence electrons. The van der Waals surface area contributed by atoms with Gasteiger partial charge >= 0.3 is 0 Å². The number of ketones is 1. The highest BCUT2D eigenvalue weighted by atomic mass is 19.2. The maximum atomic E-state index is 12.7. The summed E-state index contributed by atoms with van der Waals surface area (Å²) >= 11 is 0. The number of halogens is 3. The van der Waals surface area contributed by atoms with Gasteiger partial charge in [-0.3, -0.25) is 4.79 Å². The largest absolute Gasteiger partial charge is 0.295 e. The van der Waals surface area contributed by atoms with Crippen molar-refractivity contribution in [2.75, 3.05) is 0 Å². The highest BCUT2D eigenvalue weighted by molar-refractivity contribution is 5.93. The zero-order chi connectivity index (χ0) is 11.4. The standard InChI is InChI=1S/C11H9F3O/c1-2-8(15)4-3-7-5-9(12)11(14)10(13)6-7/h3-6H,2H2,1H3. The number of hydrogen-bond acceptors (Lipinski definition) is 1. The molecule has 1 rings (SSSR count). The van der Waals surface area contributed by atoms with Gasteiger partial charge in [0.1, 0.15) is 0 Å². The fraction of sp³-hybridized carbons (Fsp3) is 0.182. The first kappa shape index (κ1) is 11.5. The van der Waals surface area contributed by atoms with E-state index >= 15 is 0 Å². The molecule has 0 heterocycles. The molecule has 0 atom stereocenters. The quantitative estimate of drug-likeness (QED) is 0.558. The van der Waals surface area contributed by atoms with Crippen LogP contribution in [-0.4, -0.2) is 5.78 Å². The summed E-state index contributed by atoms with van der Waals surface area (Å²) in [6, 6.07) is 1.66. The number of benzene rings is 1. The summed E-state index contributed by atoms with van der Waals surface area (Å²) in [5.74, 6) is -4.20. The molecular formula is C11H9F3O. The fourth-order valence-corrected chi connectivity index (χ4v) is 0.978. The Kier molecular flexibility index (Phi) is 3.66. The van der Waals surface area contributed by atoms with E-state index in [0.717, 1.165) is 12.1 Å². The van der Waals surface area contributed by atoms with Gasteiger partial charge in [0.25, 0.3) is 0 Å². The highest BCUT2D eigenvalue weighted by Gasteiger charge is 2.08. The molecule has 4 heteroatoms. The molecule has 0 aliphatic carbocycles. The molecule has 1 aromatic carbocycles. The smallest absolute Gasteiger partial charge is 0.194 e. The molecule has 0 saturated carbocycles. The van der Waals surface area contributed by atoms with Gasteiger partial charge in [0.15, 0.2) is 23.2 Å². The molecule has 1 nitrogen and oxygen atoms in total. The first-order valence-electron chi connectivity index (χ1n) is 4.40. The highest BCUT2D eigenvalue weighted by Crippen LogP contribution is 2.14. The van der Waals surface area contributed by atoms with Crippen LogP contribution in [0.5, 0.6) is 0 Å². The van der Waals surface area contributed by atoms with Crippen molar-refractivity contribution in [3.8, 4) is 0 Å². The summed E-state index contributed by atoms with van der Waals surface area (Å²) < 4.78 is 38.0. The van der Waals surface area contributed by atoms with Crippen LogP contribution in [0.25, 0.3) is 6.08 Å². The van der Waals surface area contributed by atoms with Gasteiger partial charge in [-0.2, -0.15) is 0 Å². The Morgan fingerprint density at radius 1 is 1.27 bits per heavy atom. The third-order valence-corrected chi connectivity index (χ3v) is 1.82. The molecule has 0 bridgehead atoms. The molecule has 0 amide bonds. The molecule has 0 radical (unpaired) electrons. The number of rotatable bonds is 3. The van der Waals surface area contributed by atoms with E-state index in [1.165, 1.54) is 12.2 Å². The molecular weight excluding hydrogens is 205 g/mol. The Bertz CT molecular complexity index is 387. The Morgan fingerprint density at radius 2 is 1.80 bits per heavy atom. The van der Waals surface area contributed by atoms with Crippen LogP contribution in [0.2, 0.25) is 0 Å². The van der Waals surface area contributed by atoms with E-state index in [9.17, 15) is 18.0 Å². The lowest BCUT2D eigenvalue weighted by molar-refractivity contribution is -0.114. The van der Waals surface area contributed by atoms with Gasteiger partial charge in [0.2, 0.25) is 0 Å². The van der Waals surface area contributed by atoms with E-state index in [0.29, 0.717) is 6.42 Å². The van der Waals surface area contributed by atoms with Gasteiger partial charge in [-0.05, 0) is 23.8 Å². The summed E-state index contributed by atoms with van der Waals surface area (Å²) in [5.41, 5.74) is 0.119. The monoisotopic (exact) mass is 214 g/mol. The molecule has 0 saturated heterocycles. The average molecular weight is 214 g/mol. The summed E-state index contributed by atoms with van der Waals surface area (Å²) in [7, 11) is 0. The van der Waals surface area contributed by atoms with Crippen molar-refractivity contribution in [3.63, 3.8) is 0 Å². The van der Waals surface area contributed by atoms with Crippen molar-refractivity contribution in [1.82, 2.24) is 0 Å². The van der Waals surface area contributed by atoms with Gasteiger partial charge in [0.05, 0.1) is 0 Å². The lowest BCUT2D eigenvalue weighted by Gasteiger charge is -1.97. The van der Waals surface area contributed by atoms with Gasteiger partial charge in [-0.1, -0.05) is 13.0 Å². The van der Waals surface area contributed by atoms with E-state index in [1.807, 2.05) is 0 Å². The first-order valence-corrected chi connectivity index (χ1v) is 4.40. The van der Waals surface area contributed by atoms with Crippen LogP contribution in [0.4, 0.5) is 13.2 Å². The lowest BCUT2D eigenvalue weighted by atomic mass is 10.1. The van der Waals surface area contributed by atoms with Crippen LogP contribution >= 0.6 is 0 Å². The van der Waals surface area contributed by atoms with Crippen LogP contribution in [-0.2, 0) is 4.79 Å². The summed E-state index contributed by atoms with van der Waals surface area (Å²) in [5, 5.41) is 0. The van der Waals surface area contributed by atoms with E-state index in [2.05, 4.69) is 0 Å². The van der Waals surface area contributed by atoms with Crippen LogP contribution < -0.4 is 0 Å². The molecule has 0 aliphatic rings. The normalized spacial score (nSPS) is 10.9. The third-order valence-electron chi connectivity index (χ3n) is 1.82. The maximum Gasteiger partial charge on any atom is 0.194 e. The number of carbonyl (C=O) groups is 1. The Balaban J connectivity index is 2.97. The lowest BCUT2D eigenvalue weighted by Crippen LogP contribution is -1.92. The van der Waals surface area contributed by atoms with E-state index in [-0.39, 0.29) is 11.3 Å². The second-order valence-corrected chi connectivity index (χ2v) is 2.95. The Morgan fingerprint density at radius 3 is 2.27 bits per heavy atom. The molecule has 0 spiro atoms. The van der Waals surface area contributed by atoms with Crippen molar-refractivity contribution < 1.29 is 18.0 Å². The topological polar surface area (TPSA) is 17.1 Å². The molecule has 0 unspecified atom stereocenters. The van der Waals surface area contributed by atoms with Crippen LogP contribution in [0, 0.1) is 17.5 Å². The zero-order valence-corrected chi connectivity index (χ0v) is 8.06. The number of hydrogen-bond donors (Lipinski definition) is 0. The van der Waals surface area contributed by atoms with Gasteiger partial charge < -0.3 is 0 Å². The van der Waals surface area contributed by atoms with Crippen LogP contribution in [0.15, 0.2) is 18.2 Å². The summed E-state index contributed by atoms with van der Waals surface area (Å²) in [6.07, 6.45) is 2.76. The molecule has 0 aliphatic heterocycles. The Labute approximate surface area is 85.2 Å². The summed E-state index contributed by atoms with van der Waals surface area (Å²) in [6.45, 7) is 1.67. The predicted octanol–water partition coefficient (Wildman–Crippen LogP) is 3.10. The van der Waals surface area contributed by atoms with E-state index in [4.69, 9.17) is 0 Å². The van der Waals surface area contributed by atoms with E-state index in [1.54, 1.807) is 6.92 Å². The van der Waals surface area contributed by atoms with Gasteiger partial charge in [0, 0.05) is 6.42 Å². The minimum atomic E-state index is -1.51. The number of allylic oxidation sites excluding steroid dienone is 1. The fourth-order valence-electron chi connectivity index (χ4n) is 0.978. The Hall–Kier alpha value is -1.58. The van der Waals surface area contributed by atoms with Crippen molar-refractivity contribution >= 4 is 11.9 Å². The SMILES string of the molecule is CCC(=O)C=Cc1cc(F)c(F)c(F)c1.